The molecule has 14 heavy (non-hydrogen) atoms. The number of rotatable bonds is 3. The molecule has 1 fully saturated rings. The minimum Gasteiger partial charge on any atom is -0.382 e. The zero-order chi connectivity index (χ0) is 9.97. The Balaban J connectivity index is 2.09. The molecule has 2 rings (SSSR count). The van der Waals surface area contributed by atoms with Crippen molar-refractivity contribution in [2.45, 2.75) is 25.3 Å². The Hall–Kier alpha value is -1.58. The van der Waals surface area contributed by atoms with Gasteiger partial charge < -0.3 is 11.1 Å². The summed E-state index contributed by atoms with van der Waals surface area (Å²) in [5, 5.41) is 3.33. The molecule has 0 bridgehead atoms. The first-order valence-corrected chi connectivity index (χ1v) is 4.78. The van der Waals surface area contributed by atoms with E-state index in [0.29, 0.717) is 11.7 Å². The number of aromatic nitrogens is 1. The normalized spacial score (nSPS) is 16.0. The summed E-state index contributed by atoms with van der Waals surface area (Å²) in [6, 6.07) is 4.10. The lowest BCUT2D eigenvalue weighted by molar-refractivity contribution is 0.0995. The van der Waals surface area contributed by atoms with E-state index in [-0.39, 0.29) is 0 Å². The van der Waals surface area contributed by atoms with Gasteiger partial charge in [0.15, 0.2) is 0 Å². The van der Waals surface area contributed by atoms with Crippen molar-refractivity contribution in [3.63, 3.8) is 0 Å². The highest BCUT2D eigenvalue weighted by atomic mass is 16.1. The summed E-state index contributed by atoms with van der Waals surface area (Å²) in [7, 11) is 0. The molecule has 0 saturated heterocycles. The first kappa shape index (κ1) is 8.99. The average Bonchev–Trinajstić information content (AvgIpc) is 2.12. The molecule has 1 aromatic rings. The molecule has 0 aromatic carbocycles. The summed E-state index contributed by atoms with van der Waals surface area (Å²) in [5.74, 6) is -0.484. The van der Waals surface area contributed by atoms with E-state index < -0.39 is 5.91 Å². The molecular weight excluding hydrogens is 178 g/mol. The van der Waals surface area contributed by atoms with Crippen LogP contribution in [0.15, 0.2) is 18.3 Å². The van der Waals surface area contributed by atoms with Gasteiger partial charge in [-0.3, -0.25) is 9.78 Å². The fourth-order valence-electron chi connectivity index (χ4n) is 1.44. The van der Waals surface area contributed by atoms with Crippen LogP contribution in [0.1, 0.15) is 29.8 Å². The maximum Gasteiger partial charge on any atom is 0.267 e. The van der Waals surface area contributed by atoms with Crippen LogP contribution in [-0.2, 0) is 0 Å². The van der Waals surface area contributed by atoms with E-state index in [4.69, 9.17) is 5.73 Å². The fraction of sp³-hybridized carbons (Fsp3) is 0.400. The minimum atomic E-state index is -0.484. The molecule has 74 valence electrons. The lowest BCUT2D eigenvalue weighted by Gasteiger charge is -2.27. The van der Waals surface area contributed by atoms with Crippen LogP contribution < -0.4 is 11.1 Å². The van der Waals surface area contributed by atoms with E-state index in [9.17, 15) is 4.79 Å². The van der Waals surface area contributed by atoms with Crippen molar-refractivity contribution >= 4 is 11.6 Å². The Morgan fingerprint density at radius 3 is 2.93 bits per heavy atom. The predicted molar refractivity (Wildman–Crippen MR) is 54.0 cm³/mol. The highest BCUT2D eigenvalue weighted by Gasteiger charge is 2.17. The summed E-state index contributed by atoms with van der Waals surface area (Å²) in [6.45, 7) is 0. The van der Waals surface area contributed by atoms with Crippen LogP contribution in [0.3, 0.4) is 0 Å². The quantitative estimate of drug-likeness (QED) is 0.752. The topological polar surface area (TPSA) is 68.0 Å². The van der Waals surface area contributed by atoms with Gasteiger partial charge in [-0.2, -0.15) is 0 Å². The van der Waals surface area contributed by atoms with Crippen molar-refractivity contribution in [2.24, 2.45) is 5.73 Å². The van der Waals surface area contributed by atoms with Gasteiger partial charge in [0, 0.05) is 17.9 Å². The number of primary amides is 1. The molecule has 0 atom stereocenters. The van der Waals surface area contributed by atoms with Crippen LogP contribution in [0, 0.1) is 0 Å². The molecule has 1 aromatic heterocycles. The van der Waals surface area contributed by atoms with E-state index in [1.165, 1.54) is 19.3 Å². The summed E-state index contributed by atoms with van der Waals surface area (Å²) in [4.78, 5) is 14.7. The van der Waals surface area contributed by atoms with Gasteiger partial charge in [0.2, 0.25) is 0 Å². The molecule has 3 N–H and O–H groups in total. The molecule has 0 unspecified atom stereocenters. The van der Waals surface area contributed by atoms with Crippen LogP contribution in [0.4, 0.5) is 5.69 Å². The predicted octanol–water partition coefficient (Wildman–Crippen LogP) is 1.14. The summed E-state index contributed by atoms with van der Waals surface area (Å²) in [6.07, 6.45) is 5.29. The standard InChI is InChI=1S/C10H13N3O/c11-10(14)9-6-8(4-5-12-9)13-7-2-1-3-7/h4-7H,1-3H2,(H2,11,14)(H,12,13). The number of carbonyl (C=O) groups excluding carboxylic acids is 1. The van der Waals surface area contributed by atoms with Gasteiger partial charge >= 0.3 is 0 Å². The summed E-state index contributed by atoms with van der Waals surface area (Å²) >= 11 is 0. The number of pyridine rings is 1. The highest BCUT2D eigenvalue weighted by molar-refractivity contribution is 5.91. The third kappa shape index (κ3) is 1.84. The molecule has 4 heteroatoms. The molecule has 1 saturated carbocycles. The van der Waals surface area contributed by atoms with Crippen molar-refractivity contribution in [3.8, 4) is 0 Å². The van der Waals surface area contributed by atoms with Gasteiger partial charge in [-0.1, -0.05) is 0 Å². The minimum absolute atomic E-state index is 0.314. The first-order valence-electron chi connectivity index (χ1n) is 4.78. The Kier molecular flexibility index (Phi) is 2.35. The number of hydrogen-bond acceptors (Lipinski definition) is 3. The zero-order valence-corrected chi connectivity index (χ0v) is 7.86. The Morgan fingerprint density at radius 2 is 2.36 bits per heavy atom. The first-order chi connectivity index (χ1) is 6.75. The smallest absolute Gasteiger partial charge is 0.267 e. The van der Waals surface area contributed by atoms with Gasteiger partial charge in [-0.25, -0.2) is 0 Å². The molecule has 1 aliphatic carbocycles. The van der Waals surface area contributed by atoms with E-state index >= 15 is 0 Å². The van der Waals surface area contributed by atoms with Crippen LogP contribution in [0.25, 0.3) is 0 Å². The second-order valence-corrected chi connectivity index (χ2v) is 3.57. The highest BCUT2D eigenvalue weighted by Crippen LogP contribution is 2.22. The molecule has 0 spiro atoms. The van der Waals surface area contributed by atoms with Crippen molar-refractivity contribution < 1.29 is 4.79 Å². The zero-order valence-electron chi connectivity index (χ0n) is 7.86. The monoisotopic (exact) mass is 191 g/mol. The molecule has 1 aliphatic rings. The van der Waals surface area contributed by atoms with Gasteiger partial charge in [-0.15, -0.1) is 0 Å². The maximum absolute atomic E-state index is 10.9. The third-order valence-electron chi connectivity index (χ3n) is 2.49. The molecule has 0 radical (unpaired) electrons. The second-order valence-electron chi connectivity index (χ2n) is 3.57. The van der Waals surface area contributed by atoms with Crippen LogP contribution in [-0.4, -0.2) is 16.9 Å². The number of carbonyl (C=O) groups is 1. The van der Waals surface area contributed by atoms with Gasteiger partial charge in [0.05, 0.1) is 0 Å². The van der Waals surface area contributed by atoms with Crippen molar-refractivity contribution in [3.05, 3.63) is 24.0 Å². The Labute approximate surface area is 82.5 Å². The number of nitrogens with zero attached hydrogens (tertiary/aromatic N) is 1. The van der Waals surface area contributed by atoms with Crippen LogP contribution in [0.5, 0.6) is 0 Å². The molecule has 0 aliphatic heterocycles. The van der Waals surface area contributed by atoms with E-state index in [1.807, 2.05) is 6.07 Å². The number of nitrogens with one attached hydrogen (secondary N) is 1. The summed E-state index contributed by atoms with van der Waals surface area (Å²) in [5.41, 5.74) is 6.37. The average molecular weight is 191 g/mol. The lowest BCUT2D eigenvalue weighted by Crippen LogP contribution is -2.27. The van der Waals surface area contributed by atoms with E-state index in [0.717, 1.165) is 5.69 Å². The van der Waals surface area contributed by atoms with E-state index in [2.05, 4.69) is 10.3 Å². The fourth-order valence-corrected chi connectivity index (χ4v) is 1.44. The molecule has 1 amide bonds. The number of anilines is 1. The number of hydrogen-bond donors (Lipinski definition) is 2. The van der Waals surface area contributed by atoms with Crippen LogP contribution in [0.2, 0.25) is 0 Å². The van der Waals surface area contributed by atoms with Gasteiger partial charge in [0.1, 0.15) is 5.69 Å². The van der Waals surface area contributed by atoms with Crippen molar-refractivity contribution in [1.29, 1.82) is 0 Å². The van der Waals surface area contributed by atoms with Crippen molar-refractivity contribution in [1.82, 2.24) is 4.98 Å². The van der Waals surface area contributed by atoms with Crippen molar-refractivity contribution in [2.75, 3.05) is 5.32 Å². The lowest BCUT2D eigenvalue weighted by atomic mass is 9.93. The SMILES string of the molecule is NC(=O)c1cc(NC2CCC2)ccn1. The Morgan fingerprint density at radius 1 is 1.57 bits per heavy atom. The molecule has 1 heterocycles. The second kappa shape index (κ2) is 3.65. The largest absolute Gasteiger partial charge is 0.382 e. The van der Waals surface area contributed by atoms with Gasteiger partial charge in [0.25, 0.3) is 5.91 Å². The third-order valence-corrected chi connectivity index (χ3v) is 2.49. The molecule has 4 nitrogen and oxygen atoms in total. The maximum atomic E-state index is 10.9. The summed E-state index contributed by atoms with van der Waals surface area (Å²) < 4.78 is 0. The number of amides is 1. The van der Waals surface area contributed by atoms with Crippen LogP contribution >= 0.6 is 0 Å². The Bertz CT molecular complexity index is 347. The number of nitrogens with two attached hydrogens (primary N) is 1. The van der Waals surface area contributed by atoms with E-state index in [1.54, 1.807) is 12.3 Å². The molecular formula is C10H13N3O. The van der Waals surface area contributed by atoms with Gasteiger partial charge in [-0.05, 0) is 31.4 Å².